The molecule has 0 spiro atoms. The van der Waals surface area contributed by atoms with Gasteiger partial charge in [-0.3, -0.25) is 0 Å². The number of hydrogen-bond acceptors (Lipinski definition) is 3. The Morgan fingerprint density at radius 3 is 2.19 bits per heavy atom. The highest BCUT2D eigenvalue weighted by atomic mass is 32.2. The molecule has 2 heterocycles. The lowest BCUT2D eigenvalue weighted by Gasteiger charge is -2.12. The number of hydrogen-bond donors (Lipinski definition) is 0. The number of thioether (sulfide) groups is 1. The Hall–Kier alpha value is -3.08. The van der Waals surface area contributed by atoms with E-state index in [0.717, 1.165) is 6.54 Å². The van der Waals surface area contributed by atoms with Crippen LogP contribution >= 0.6 is 23.1 Å². The fraction of sp³-hybridized carbons (Fsp3) is 0.0741. The lowest BCUT2D eigenvalue weighted by atomic mass is 10.1. The maximum Gasteiger partial charge on any atom is 0.265 e. The van der Waals surface area contributed by atoms with Crippen LogP contribution in [0.5, 0.6) is 0 Å². The molecule has 0 amide bonds. The summed E-state index contributed by atoms with van der Waals surface area (Å²) in [6.45, 7) is 4.80. The van der Waals surface area contributed by atoms with E-state index in [4.69, 9.17) is 0 Å². The van der Waals surface area contributed by atoms with Crippen molar-refractivity contribution in [2.45, 2.75) is 11.4 Å². The van der Waals surface area contributed by atoms with Gasteiger partial charge in [0.25, 0.3) is 5.01 Å². The van der Waals surface area contributed by atoms with Crippen molar-refractivity contribution in [2.75, 3.05) is 11.9 Å². The number of rotatable bonds is 5. The van der Waals surface area contributed by atoms with Crippen LogP contribution in [-0.2, 0) is 6.54 Å². The normalized spacial score (nSPS) is 14.1. The second-order valence-electron chi connectivity index (χ2n) is 7.36. The number of nitrogens with zero attached hydrogens (tertiary/aromatic N) is 2. The predicted octanol–water partition coefficient (Wildman–Crippen LogP) is 7.10. The number of aromatic nitrogens is 1. The molecule has 1 aromatic heterocycles. The second-order valence-corrected chi connectivity index (χ2v) is 9.45. The van der Waals surface area contributed by atoms with Crippen LogP contribution in [0, 0.1) is 0 Å². The first-order valence-corrected chi connectivity index (χ1v) is 11.9. The topological polar surface area (TPSA) is 7.12 Å². The van der Waals surface area contributed by atoms with Crippen molar-refractivity contribution < 1.29 is 4.57 Å². The fourth-order valence-corrected chi connectivity index (χ4v) is 6.28. The molecule has 152 valence electrons. The van der Waals surface area contributed by atoms with Gasteiger partial charge < -0.3 is 4.90 Å². The molecule has 4 heteroatoms. The number of benzene rings is 3. The molecule has 0 aliphatic carbocycles. The predicted molar refractivity (Wildman–Crippen MR) is 134 cm³/mol. The summed E-state index contributed by atoms with van der Waals surface area (Å²) in [5.41, 5.74) is 4.97. The summed E-state index contributed by atoms with van der Waals surface area (Å²) in [6.07, 6.45) is 4.30. The van der Waals surface area contributed by atoms with Crippen molar-refractivity contribution in [1.29, 1.82) is 0 Å². The summed E-state index contributed by atoms with van der Waals surface area (Å²) < 4.78 is 2.39. The number of thiazole rings is 1. The van der Waals surface area contributed by atoms with Gasteiger partial charge in [0, 0.05) is 17.5 Å². The zero-order chi connectivity index (χ0) is 21.2. The summed E-state index contributed by atoms with van der Waals surface area (Å²) in [7, 11) is 2.15. The van der Waals surface area contributed by atoms with Crippen LogP contribution in [-0.4, -0.2) is 7.05 Å². The van der Waals surface area contributed by atoms with Gasteiger partial charge in [0.1, 0.15) is 4.88 Å². The first kappa shape index (κ1) is 19.9. The minimum absolute atomic E-state index is 0.758. The van der Waals surface area contributed by atoms with E-state index < -0.39 is 0 Å². The summed E-state index contributed by atoms with van der Waals surface area (Å²) in [6, 6.07) is 29.9. The maximum atomic E-state index is 4.04. The van der Waals surface area contributed by atoms with Gasteiger partial charge in [-0.15, -0.1) is 0 Å². The zero-order valence-electron chi connectivity index (χ0n) is 17.4. The number of fused-ring (bicyclic) bond motifs is 1. The Labute approximate surface area is 191 Å². The van der Waals surface area contributed by atoms with Gasteiger partial charge in [0.2, 0.25) is 5.69 Å². The van der Waals surface area contributed by atoms with E-state index in [-0.39, 0.29) is 0 Å². The molecule has 3 aromatic carbocycles. The second kappa shape index (κ2) is 8.58. The third-order valence-electron chi connectivity index (χ3n) is 5.37. The Kier molecular flexibility index (Phi) is 5.49. The Morgan fingerprint density at radius 1 is 0.871 bits per heavy atom. The van der Waals surface area contributed by atoms with E-state index in [0.29, 0.717) is 0 Å². The SMILES string of the molecule is C=CC[n+]1c(/C=C2/Sc3ccccc3N2C)sc(-c2ccccc2)c1-c1ccccc1. The molecule has 0 bridgehead atoms. The highest BCUT2D eigenvalue weighted by Crippen LogP contribution is 2.46. The molecular weight excluding hydrogens is 416 g/mol. The van der Waals surface area contributed by atoms with Crippen LogP contribution < -0.4 is 9.47 Å². The van der Waals surface area contributed by atoms with E-state index in [9.17, 15) is 0 Å². The monoisotopic (exact) mass is 439 g/mol. The molecule has 0 fully saturated rings. The van der Waals surface area contributed by atoms with Crippen molar-refractivity contribution in [3.63, 3.8) is 0 Å². The number of allylic oxidation sites excluding steroid dienone is 1. The van der Waals surface area contributed by atoms with Crippen molar-refractivity contribution in [3.8, 4) is 21.7 Å². The van der Waals surface area contributed by atoms with Crippen LogP contribution in [0.15, 0.2) is 108 Å². The molecular formula is C27H23N2S2+. The van der Waals surface area contributed by atoms with Crippen LogP contribution in [0.1, 0.15) is 5.01 Å². The highest BCUT2D eigenvalue weighted by Gasteiger charge is 2.29. The molecule has 1 aliphatic heterocycles. The average Bonchev–Trinajstić information content (AvgIpc) is 3.33. The molecule has 0 N–H and O–H groups in total. The third kappa shape index (κ3) is 3.73. The van der Waals surface area contributed by atoms with Gasteiger partial charge in [-0.1, -0.05) is 90.3 Å². The lowest BCUT2D eigenvalue weighted by molar-refractivity contribution is -0.672. The summed E-state index contributed by atoms with van der Waals surface area (Å²) >= 11 is 3.67. The molecule has 0 atom stereocenters. The molecule has 0 saturated heterocycles. The maximum absolute atomic E-state index is 4.04. The summed E-state index contributed by atoms with van der Waals surface area (Å²) in [4.78, 5) is 4.86. The van der Waals surface area contributed by atoms with Crippen LogP contribution in [0.3, 0.4) is 0 Å². The molecule has 31 heavy (non-hydrogen) atoms. The fourth-order valence-electron chi connectivity index (χ4n) is 3.88. The van der Waals surface area contributed by atoms with E-state index in [1.807, 2.05) is 29.2 Å². The van der Waals surface area contributed by atoms with Crippen molar-refractivity contribution in [3.05, 3.63) is 108 Å². The van der Waals surface area contributed by atoms with Gasteiger partial charge in [0.05, 0.1) is 16.8 Å². The van der Waals surface area contributed by atoms with E-state index in [1.54, 1.807) is 0 Å². The molecule has 0 radical (unpaired) electrons. The minimum Gasteiger partial charge on any atom is -0.338 e. The van der Waals surface area contributed by atoms with Crippen molar-refractivity contribution in [1.82, 2.24) is 0 Å². The summed E-state index contributed by atoms with van der Waals surface area (Å²) in [5, 5.41) is 2.46. The van der Waals surface area contributed by atoms with Gasteiger partial charge in [0.15, 0.2) is 6.54 Å². The lowest BCUT2D eigenvalue weighted by Crippen LogP contribution is -2.36. The van der Waals surface area contributed by atoms with Crippen LogP contribution in [0.2, 0.25) is 0 Å². The zero-order valence-corrected chi connectivity index (χ0v) is 19.0. The molecule has 4 aromatic rings. The van der Waals surface area contributed by atoms with Gasteiger partial charge in [-0.2, -0.15) is 4.57 Å². The van der Waals surface area contributed by atoms with Gasteiger partial charge in [-0.05, 0) is 35.9 Å². The smallest absolute Gasteiger partial charge is 0.265 e. The molecule has 2 nitrogen and oxygen atoms in total. The molecule has 0 unspecified atom stereocenters. The third-order valence-corrected chi connectivity index (χ3v) is 7.72. The highest BCUT2D eigenvalue weighted by molar-refractivity contribution is 8.03. The number of para-hydroxylation sites is 1. The number of anilines is 1. The quantitative estimate of drug-likeness (QED) is 0.242. The molecule has 5 rings (SSSR count). The van der Waals surface area contributed by atoms with Crippen molar-refractivity contribution >= 4 is 34.9 Å². The van der Waals surface area contributed by atoms with Crippen LogP contribution in [0.25, 0.3) is 27.8 Å². The first-order valence-electron chi connectivity index (χ1n) is 10.3. The molecule has 0 saturated carbocycles. The van der Waals surface area contributed by atoms with Gasteiger partial charge in [-0.25, -0.2) is 0 Å². The Balaban J connectivity index is 1.70. The first-order chi connectivity index (χ1) is 15.3. The molecule has 1 aliphatic rings. The van der Waals surface area contributed by atoms with E-state index in [2.05, 4.69) is 114 Å². The Bertz CT molecular complexity index is 1260. The summed E-state index contributed by atoms with van der Waals surface area (Å²) in [5.74, 6) is 0. The minimum atomic E-state index is 0.758. The van der Waals surface area contributed by atoms with Crippen molar-refractivity contribution in [2.24, 2.45) is 0 Å². The standard InChI is InChI=1S/C27H23N2S2/c1-3-18-29-25(19-24-28(2)22-16-10-11-17-23(22)30-24)31-27(21-14-8-5-9-15-21)26(29)20-12-6-4-7-13-20/h3-17,19H,1,18H2,2H3/q+1. The Morgan fingerprint density at radius 2 is 1.52 bits per heavy atom. The van der Waals surface area contributed by atoms with E-state index in [1.165, 1.54) is 42.3 Å². The van der Waals surface area contributed by atoms with Gasteiger partial charge >= 0.3 is 0 Å². The average molecular weight is 440 g/mol. The van der Waals surface area contributed by atoms with Crippen LogP contribution in [0.4, 0.5) is 5.69 Å². The largest absolute Gasteiger partial charge is 0.338 e. The van der Waals surface area contributed by atoms with E-state index >= 15 is 0 Å².